The van der Waals surface area contributed by atoms with Crippen LogP contribution >= 0.6 is 0 Å². The van der Waals surface area contributed by atoms with E-state index in [0.717, 1.165) is 22.0 Å². The maximum absolute atomic E-state index is 12.8. The summed E-state index contributed by atoms with van der Waals surface area (Å²) in [6.07, 6.45) is 0. The fraction of sp³-hybridized carbons (Fsp3) is 0.261. The molecule has 150 valence electrons. The van der Waals surface area contributed by atoms with E-state index in [9.17, 15) is 9.59 Å². The number of carbonyl (C=O) groups is 2. The molecular weight excluding hydrogens is 368 g/mol. The van der Waals surface area contributed by atoms with Crippen LogP contribution in [0, 0.1) is 6.92 Å². The third-order valence-electron chi connectivity index (χ3n) is 4.73. The van der Waals surface area contributed by atoms with E-state index in [1.54, 1.807) is 14.2 Å². The van der Waals surface area contributed by atoms with Crippen molar-refractivity contribution in [3.63, 3.8) is 0 Å². The van der Waals surface area contributed by atoms with Crippen molar-refractivity contribution in [1.29, 1.82) is 0 Å². The number of nitrogens with zero attached hydrogens (tertiary/aromatic N) is 2. The highest BCUT2D eigenvalue weighted by Gasteiger charge is 2.21. The van der Waals surface area contributed by atoms with Crippen LogP contribution in [0.2, 0.25) is 0 Å². The number of fused-ring (bicyclic) bond motifs is 1. The van der Waals surface area contributed by atoms with E-state index in [4.69, 9.17) is 9.47 Å². The second-order valence-electron chi connectivity index (χ2n) is 6.82. The lowest BCUT2D eigenvalue weighted by Crippen LogP contribution is -2.31. The summed E-state index contributed by atoms with van der Waals surface area (Å²) in [6, 6.07) is 17.2. The van der Waals surface area contributed by atoms with Crippen LogP contribution < -0.4 is 0 Å². The molecule has 0 spiro atoms. The van der Waals surface area contributed by atoms with Gasteiger partial charge < -0.3 is 14.4 Å². The van der Waals surface area contributed by atoms with Gasteiger partial charge in [0.2, 0.25) is 0 Å². The minimum Gasteiger partial charge on any atom is -0.452 e. The van der Waals surface area contributed by atoms with E-state index in [-0.39, 0.29) is 19.1 Å². The van der Waals surface area contributed by atoms with Crippen LogP contribution in [0.25, 0.3) is 10.9 Å². The van der Waals surface area contributed by atoms with Gasteiger partial charge in [-0.15, -0.1) is 0 Å². The van der Waals surface area contributed by atoms with Crippen molar-refractivity contribution in [1.82, 2.24) is 9.88 Å². The molecule has 0 aliphatic rings. The van der Waals surface area contributed by atoms with Gasteiger partial charge in [0.25, 0.3) is 5.91 Å². The lowest BCUT2D eigenvalue weighted by atomic mass is 10.0. The Labute approximate surface area is 170 Å². The summed E-state index contributed by atoms with van der Waals surface area (Å²) >= 11 is 0. The number of methoxy groups -OCH3 is 1. The SMILES string of the molecule is COCc1nc2ccccc2c(C)c1C(=O)OCC(=O)N(C)Cc1ccccc1. The molecule has 2 aromatic carbocycles. The number of likely N-dealkylation sites (N-methyl/N-ethyl adjacent to an activating group) is 1. The number of ether oxygens (including phenoxy) is 2. The molecule has 3 rings (SSSR count). The molecule has 0 aliphatic heterocycles. The molecule has 0 radical (unpaired) electrons. The molecule has 0 bridgehead atoms. The first-order valence-electron chi connectivity index (χ1n) is 9.33. The number of hydrogen-bond donors (Lipinski definition) is 0. The van der Waals surface area contributed by atoms with Crippen molar-refractivity contribution >= 4 is 22.8 Å². The van der Waals surface area contributed by atoms with Crippen molar-refractivity contribution in [2.24, 2.45) is 0 Å². The quantitative estimate of drug-likeness (QED) is 0.576. The van der Waals surface area contributed by atoms with Crippen LogP contribution in [0.1, 0.15) is 27.2 Å². The number of amides is 1. The molecule has 0 saturated carbocycles. The Kier molecular flexibility index (Phi) is 6.57. The van der Waals surface area contributed by atoms with Crippen LogP contribution in [-0.2, 0) is 27.4 Å². The Balaban J connectivity index is 1.74. The van der Waals surface area contributed by atoms with Gasteiger partial charge in [0, 0.05) is 26.1 Å². The van der Waals surface area contributed by atoms with Gasteiger partial charge >= 0.3 is 5.97 Å². The first-order chi connectivity index (χ1) is 14.0. The number of carbonyl (C=O) groups excluding carboxylic acids is 2. The molecule has 29 heavy (non-hydrogen) atoms. The van der Waals surface area contributed by atoms with Gasteiger partial charge in [0.05, 0.1) is 23.4 Å². The van der Waals surface area contributed by atoms with Crippen LogP contribution in [0.4, 0.5) is 0 Å². The van der Waals surface area contributed by atoms with E-state index >= 15 is 0 Å². The van der Waals surface area contributed by atoms with Gasteiger partial charge in [-0.1, -0.05) is 48.5 Å². The Morgan fingerprint density at radius 1 is 1.03 bits per heavy atom. The average Bonchev–Trinajstić information content (AvgIpc) is 2.73. The molecule has 0 N–H and O–H groups in total. The monoisotopic (exact) mass is 392 g/mol. The van der Waals surface area contributed by atoms with Crippen molar-refractivity contribution in [3.05, 3.63) is 77.0 Å². The van der Waals surface area contributed by atoms with Gasteiger partial charge in [-0.2, -0.15) is 0 Å². The molecule has 1 heterocycles. The number of aromatic nitrogens is 1. The molecule has 1 aromatic heterocycles. The maximum Gasteiger partial charge on any atom is 0.340 e. The van der Waals surface area contributed by atoms with E-state index in [0.29, 0.717) is 17.8 Å². The first-order valence-corrected chi connectivity index (χ1v) is 9.33. The van der Waals surface area contributed by atoms with Crippen molar-refractivity contribution < 1.29 is 19.1 Å². The minimum atomic E-state index is -0.575. The second kappa shape index (κ2) is 9.30. The molecule has 3 aromatic rings. The topological polar surface area (TPSA) is 68.7 Å². The highest BCUT2D eigenvalue weighted by atomic mass is 16.5. The predicted molar refractivity (Wildman–Crippen MR) is 110 cm³/mol. The van der Waals surface area contributed by atoms with Gasteiger partial charge in [0.1, 0.15) is 0 Å². The summed E-state index contributed by atoms with van der Waals surface area (Å²) < 4.78 is 10.5. The molecule has 0 aliphatic carbocycles. The normalized spacial score (nSPS) is 10.7. The summed E-state index contributed by atoms with van der Waals surface area (Å²) in [6.45, 7) is 2.14. The van der Waals surface area contributed by atoms with Gasteiger partial charge in [0.15, 0.2) is 6.61 Å². The smallest absolute Gasteiger partial charge is 0.340 e. The van der Waals surface area contributed by atoms with Gasteiger partial charge in [-0.05, 0) is 24.1 Å². The summed E-state index contributed by atoms with van der Waals surface area (Å²) in [5.41, 5.74) is 3.40. The van der Waals surface area contributed by atoms with Crippen molar-refractivity contribution in [2.45, 2.75) is 20.1 Å². The predicted octanol–water partition coefficient (Wildman–Crippen LogP) is 3.51. The van der Waals surface area contributed by atoms with E-state index in [1.165, 1.54) is 4.90 Å². The molecule has 6 heteroatoms. The summed E-state index contributed by atoms with van der Waals surface area (Å²) in [4.78, 5) is 31.3. The largest absolute Gasteiger partial charge is 0.452 e. The number of aryl methyl sites for hydroxylation is 1. The van der Waals surface area contributed by atoms with Crippen LogP contribution in [0.15, 0.2) is 54.6 Å². The fourth-order valence-electron chi connectivity index (χ4n) is 3.21. The number of pyridine rings is 1. The second-order valence-corrected chi connectivity index (χ2v) is 6.82. The molecule has 0 fully saturated rings. The number of para-hydroxylation sites is 1. The summed E-state index contributed by atoms with van der Waals surface area (Å²) in [5.74, 6) is -0.851. The third kappa shape index (κ3) is 4.78. The zero-order chi connectivity index (χ0) is 20.8. The molecule has 1 amide bonds. The summed E-state index contributed by atoms with van der Waals surface area (Å²) in [5, 5.41) is 0.867. The highest BCUT2D eigenvalue weighted by molar-refractivity contribution is 5.99. The summed E-state index contributed by atoms with van der Waals surface area (Å²) in [7, 11) is 3.23. The zero-order valence-electron chi connectivity index (χ0n) is 16.8. The van der Waals surface area contributed by atoms with Crippen LogP contribution in [0.3, 0.4) is 0 Å². The fourth-order valence-corrected chi connectivity index (χ4v) is 3.21. The number of rotatable bonds is 7. The molecule has 6 nitrogen and oxygen atoms in total. The Morgan fingerprint density at radius 3 is 2.45 bits per heavy atom. The maximum atomic E-state index is 12.8. The molecule has 0 saturated heterocycles. The van der Waals surface area contributed by atoms with Crippen LogP contribution in [-0.4, -0.2) is 42.5 Å². The van der Waals surface area contributed by atoms with E-state index < -0.39 is 5.97 Å². The Morgan fingerprint density at radius 2 is 1.72 bits per heavy atom. The van der Waals surface area contributed by atoms with Crippen LogP contribution in [0.5, 0.6) is 0 Å². The van der Waals surface area contributed by atoms with Crippen molar-refractivity contribution in [3.8, 4) is 0 Å². The zero-order valence-corrected chi connectivity index (χ0v) is 16.8. The van der Waals surface area contributed by atoms with Crippen molar-refractivity contribution in [2.75, 3.05) is 20.8 Å². The molecule has 0 atom stereocenters. The molecule has 0 unspecified atom stereocenters. The molecular formula is C23H24N2O4. The number of esters is 1. The van der Waals surface area contributed by atoms with Gasteiger partial charge in [-0.25, -0.2) is 9.78 Å². The first kappa shape index (κ1) is 20.5. The number of hydrogen-bond acceptors (Lipinski definition) is 5. The minimum absolute atomic E-state index is 0.179. The van der Waals surface area contributed by atoms with E-state index in [1.807, 2.05) is 61.5 Å². The highest BCUT2D eigenvalue weighted by Crippen LogP contribution is 2.24. The standard InChI is InChI=1S/C23H24N2O4/c1-16-18-11-7-8-12-19(18)24-20(14-28-3)22(16)23(27)29-15-21(26)25(2)13-17-9-5-4-6-10-17/h4-12H,13-15H2,1-3H3. The lowest BCUT2D eigenvalue weighted by molar-refractivity contribution is -0.133. The Bertz CT molecular complexity index is 1020. The Hall–Kier alpha value is -3.25. The third-order valence-corrected chi connectivity index (χ3v) is 4.73. The van der Waals surface area contributed by atoms with Gasteiger partial charge in [-0.3, -0.25) is 4.79 Å². The number of benzene rings is 2. The lowest BCUT2D eigenvalue weighted by Gasteiger charge is -2.18. The van der Waals surface area contributed by atoms with E-state index in [2.05, 4.69) is 4.98 Å². The average molecular weight is 392 g/mol.